The van der Waals surface area contributed by atoms with Crippen molar-refractivity contribution >= 4 is 0 Å². The molecule has 0 amide bonds. The van der Waals surface area contributed by atoms with Crippen LogP contribution in [0.15, 0.2) is 25.0 Å². The Bertz CT molecular complexity index is 111. The van der Waals surface area contributed by atoms with Gasteiger partial charge in [0.25, 0.3) is 0 Å². The first-order valence-electron chi connectivity index (χ1n) is 2.72. The van der Waals surface area contributed by atoms with Crippen molar-refractivity contribution in [3.63, 3.8) is 0 Å². The van der Waals surface area contributed by atoms with E-state index in [0.717, 1.165) is 25.0 Å². The molecule has 0 saturated carbocycles. The molecule has 3 nitrogen and oxygen atoms in total. The minimum absolute atomic E-state index is 0.912. The summed E-state index contributed by atoms with van der Waals surface area (Å²) in [6, 6.07) is 0. The molecule has 5 heteroatoms. The summed E-state index contributed by atoms with van der Waals surface area (Å²) in [6.07, 6.45) is 4.19. The van der Waals surface area contributed by atoms with Gasteiger partial charge in [0.05, 0.1) is 0 Å². The van der Waals surface area contributed by atoms with Crippen LogP contribution in [0.25, 0.3) is 0 Å². The van der Waals surface area contributed by atoms with Crippen LogP contribution in [0.3, 0.4) is 0 Å². The van der Waals surface area contributed by atoms with Gasteiger partial charge in [-0.3, -0.25) is 0 Å². The highest BCUT2D eigenvalue weighted by Gasteiger charge is 1.73. The van der Waals surface area contributed by atoms with Crippen molar-refractivity contribution in [2.24, 2.45) is 0 Å². The highest BCUT2D eigenvalue weighted by molar-refractivity contribution is 4.68. The first kappa shape index (κ1) is 9.74. The second-order valence-corrected chi connectivity index (χ2v) is 1.23. The molecule has 11 heavy (non-hydrogen) atoms. The van der Waals surface area contributed by atoms with E-state index in [-0.39, 0.29) is 0 Å². The minimum atomic E-state index is -0.912. The molecule has 0 spiro atoms. The molecule has 0 aliphatic carbocycles. The molecule has 0 aromatic rings. The van der Waals surface area contributed by atoms with Crippen LogP contribution in [-0.4, -0.2) is 13.7 Å². The van der Waals surface area contributed by atoms with E-state index >= 15 is 0 Å². The fourth-order valence-electron chi connectivity index (χ4n) is 0.261. The third kappa shape index (κ3) is 8.74. The Morgan fingerprint density at radius 1 is 0.818 bits per heavy atom. The molecular weight excluding hydrogens is 158 g/mol. The Morgan fingerprint density at radius 3 is 1.64 bits per heavy atom. The van der Waals surface area contributed by atoms with Crippen LogP contribution in [0, 0.1) is 0 Å². The normalized spacial score (nSPS) is 10.7. The predicted octanol–water partition coefficient (Wildman–Crippen LogP) is 1.83. The van der Waals surface area contributed by atoms with Gasteiger partial charge in [-0.1, -0.05) is 0 Å². The van der Waals surface area contributed by atoms with Crippen molar-refractivity contribution in [3.8, 4) is 0 Å². The molecule has 64 valence electrons. The van der Waals surface area contributed by atoms with E-state index in [9.17, 15) is 8.78 Å². The van der Waals surface area contributed by atoms with Crippen LogP contribution in [0.1, 0.15) is 0 Å². The topological polar surface area (TPSA) is 27.7 Å². The molecule has 0 aromatic carbocycles. The standard InChI is InChI=1S/C6H8F2O3/c7-5-10-3-1-9-2-4-11-6-8/h1-4H,5-6H2. The summed E-state index contributed by atoms with van der Waals surface area (Å²) in [5.74, 6) is 0. The van der Waals surface area contributed by atoms with E-state index in [1.807, 2.05) is 0 Å². The van der Waals surface area contributed by atoms with Gasteiger partial charge in [-0.15, -0.1) is 0 Å². The van der Waals surface area contributed by atoms with E-state index in [1.165, 1.54) is 0 Å². The number of alkyl halides is 2. The first-order chi connectivity index (χ1) is 5.41. The lowest BCUT2D eigenvalue weighted by molar-refractivity contribution is 0.129. The number of halogens is 2. The van der Waals surface area contributed by atoms with Gasteiger partial charge < -0.3 is 14.2 Å². The van der Waals surface area contributed by atoms with Crippen molar-refractivity contribution in [2.75, 3.05) is 13.7 Å². The van der Waals surface area contributed by atoms with Crippen molar-refractivity contribution in [1.29, 1.82) is 0 Å². The summed E-state index contributed by atoms with van der Waals surface area (Å²) in [7, 11) is 0. The van der Waals surface area contributed by atoms with Crippen LogP contribution in [0.2, 0.25) is 0 Å². The Morgan fingerprint density at radius 2 is 1.27 bits per heavy atom. The van der Waals surface area contributed by atoms with Crippen LogP contribution < -0.4 is 0 Å². The largest absolute Gasteiger partial charge is 0.467 e. The highest BCUT2D eigenvalue weighted by Crippen LogP contribution is 1.84. The SMILES string of the molecule is FCOC=COC=COCF. The van der Waals surface area contributed by atoms with Crippen molar-refractivity contribution < 1.29 is 23.0 Å². The fourth-order valence-corrected chi connectivity index (χ4v) is 0.261. The van der Waals surface area contributed by atoms with Gasteiger partial charge in [-0.25, -0.2) is 8.78 Å². The molecule has 0 atom stereocenters. The average Bonchev–Trinajstić information content (AvgIpc) is 2.03. The number of rotatable bonds is 6. The van der Waals surface area contributed by atoms with Crippen LogP contribution >= 0.6 is 0 Å². The summed E-state index contributed by atoms with van der Waals surface area (Å²) in [5.41, 5.74) is 0. The lowest BCUT2D eigenvalue weighted by Crippen LogP contribution is -1.77. The van der Waals surface area contributed by atoms with Gasteiger partial charge in [0.2, 0.25) is 13.7 Å². The van der Waals surface area contributed by atoms with Crippen molar-refractivity contribution in [2.45, 2.75) is 0 Å². The molecule has 0 aromatic heterocycles. The molecule has 0 aliphatic heterocycles. The molecule has 0 bridgehead atoms. The summed E-state index contributed by atoms with van der Waals surface area (Å²) in [5, 5.41) is 0. The zero-order valence-electron chi connectivity index (χ0n) is 5.70. The molecule has 0 rings (SSSR count). The Labute approximate surface area is 62.9 Å². The van der Waals surface area contributed by atoms with Gasteiger partial charge in [0.1, 0.15) is 25.0 Å². The summed E-state index contributed by atoms with van der Waals surface area (Å²) < 4.78 is 35.1. The third-order valence-electron chi connectivity index (χ3n) is 0.587. The molecule has 0 fully saturated rings. The second kappa shape index (κ2) is 8.74. The van der Waals surface area contributed by atoms with Crippen molar-refractivity contribution in [1.82, 2.24) is 0 Å². The smallest absolute Gasteiger partial charge is 0.227 e. The van der Waals surface area contributed by atoms with Crippen LogP contribution in [0.5, 0.6) is 0 Å². The zero-order chi connectivity index (χ0) is 8.36. The average molecular weight is 166 g/mol. The predicted molar refractivity (Wildman–Crippen MR) is 33.5 cm³/mol. The number of hydrogen-bond acceptors (Lipinski definition) is 3. The zero-order valence-corrected chi connectivity index (χ0v) is 5.70. The second-order valence-electron chi connectivity index (χ2n) is 1.23. The molecular formula is C6H8F2O3. The summed E-state index contributed by atoms with van der Waals surface area (Å²) in [4.78, 5) is 0. The van der Waals surface area contributed by atoms with Gasteiger partial charge in [-0.05, 0) is 0 Å². The van der Waals surface area contributed by atoms with Gasteiger partial charge in [-0.2, -0.15) is 0 Å². The van der Waals surface area contributed by atoms with E-state index in [0.29, 0.717) is 0 Å². The molecule has 0 N–H and O–H groups in total. The van der Waals surface area contributed by atoms with E-state index in [4.69, 9.17) is 0 Å². The number of ether oxygens (including phenoxy) is 3. The summed E-state index contributed by atoms with van der Waals surface area (Å²) >= 11 is 0. The molecule has 0 radical (unpaired) electrons. The maximum absolute atomic E-state index is 11.2. The minimum Gasteiger partial charge on any atom is -0.467 e. The lowest BCUT2D eigenvalue weighted by atomic mass is 11.0. The first-order valence-corrected chi connectivity index (χ1v) is 2.72. The molecule has 0 saturated heterocycles. The quantitative estimate of drug-likeness (QED) is 0.563. The molecule has 0 aliphatic rings. The van der Waals surface area contributed by atoms with Crippen molar-refractivity contribution in [3.05, 3.63) is 25.0 Å². The van der Waals surface area contributed by atoms with E-state index < -0.39 is 13.7 Å². The molecule has 0 unspecified atom stereocenters. The van der Waals surface area contributed by atoms with Gasteiger partial charge >= 0.3 is 0 Å². The maximum atomic E-state index is 11.2. The van der Waals surface area contributed by atoms with Gasteiger partial charge in [0.15, 0.2) is 0 Å². The van der Waals surface area contributed by atoms with Gasteiger partial charge in [0, 0.05) is 0 Å². The van der Waals surface area contributed by atoms with Crippen LogP contribution in [0.4, 0.5) is 8.78 Å². The lowest BCUT2D eigenvalue weighted by Gasteiger charge is -1.91. The van der Waals surface area contributed by atoms with E-state index in [2.05, 4.69) is 14.2 Å². The Kier molecular flexibility index (Phi) is 7.74. The fraction of sp³-hybridized carbons (Fsp3) is 0.333. The summed E-state index contributed by atoms with van der Waals surface area (Å²) in [6.45, 7) is -1.82. The monoisotopic (exact) mass is 166 g/mol. The molecule has 0 heterocycles. The van der Waals surface area contributed by atoms with E-state index in [1.54, 1.807) is 0 Å². The Balaban J connectivity index is 3.11. The van der Waals surface area contributed by atoms with Crippen LogP contribution in [-0.2, 0) is 14.2 Å². The number of hydrogen-bond donors (Lipinski definition) is 0. The Hall–Kier alpha value is -1.26. The third-order valence-corrected chi connectivity index (χ3v) is 0.587. The maximum Gasteiger partial charge on any atom is 0.227 e. The highest BCUT2D eigenvalue weighted by atomic mass is 19.1.